The zero-order valence-corrected chi connectivity index (χ0v) is 11.4. The second kappa shape index (κ2) is 7.86. The summed E-state index contributed by atoms with van der Waals surface area (Å²) in [6.45, 7) is 2.42. The Balaban J connectivity index is 2.07. The minimum absolute atomic E-state index is 0.0215. The summed E-state index contributed by atoms with van der Waals surface area (Å²) < 4.78 is 0. The molecule has 1 atom stereocenters. The lowest BCUT2D eigenvalue weighted by Gasteiger charge is -2.06. The van der Waals surface area contributed by atoms with Crippen LogP contribution in [0.4, 0.5) is 0 Å². The largest absolute Gasteiger partial charge is 0.354 e. The molecule has 0 aromatic carbocycles. The van der Waals surface area contributed by atoms with Gasteiger partial charge in [0, 0.05) is 18.5 Å². The first-order chi connectivity index (χ1) is 7.70. The Labute approximate surface area is 109 Å². The van der Waals surface area contributed by atoms with Gasteiger partial charge >= 0.3 is 0 Å². The fourth-order valence-corrected chi connectivity index (χ4v) is 2.74. The highest BCUT2D eigenvalue weighted by Gasteiger charge is 2.05. The third-order valence-corrected chi connectivity index (χ3v) is 4.15. The number of thiol groups is 1. The van der Waals surface area contributed by atoms with E-state index in [1.54, 1.807) is 34.7 Å². The molecule has 88 valence electrons. The molecule has 0 aliphatic heterocycles. The number of aromatic nitrogens is 1. The zero-order valence-electron chi connectivity index (χ0n) is 8.92. The monoisotopic (exact) mass is 274 g/mol. The van der Waals surface area contributed by atoms with Crippen LogP contribution in [0.3, 0.4) is 0 Å². The number of hydrogen-bond donors (Lipinski definition) is 2. The molecule has 1 aromatic rings. The van der Waals surface area contributed by atoms with Crippen LogP contribution in [0.25, 0.3) is 0 Å². The van der Waals surface area contributed by atoms with Crippen LogP contribution in [0.5, 0.6) is 0 Å². The van der Waals surface area contributed by atoms with Crippen molar-refractivity contribution in [2.24, 2.45) is 0 Å². The van der Waals surface area contributed by atoms with Gasteiger partial charge in [0.25, 0.3) is 0 Å². The van der Waals surface area contributed by atoms with Gasteiger partial charge in [-0.2, -0.15) is 12.6 Å². The van der Waals surface area contributed by atoms with Crippen molar-refractivity contribution in [3.05, 3.63) is 24.4 Å². The minimum atomic E-state index is -0.242. The van der Waals surface area contributed by atoms with Gasteiger partial charge < -0.3 is 5.32 Å². The third-order valence-electron chi connectivity index (χ3n) is 1.65. The first-order valence-corrected chi connectivity index (χ1v) is 7.70. The Morgan fingerprint density at radius 2 is 2.44 bits per heavy atom. The maximum absolute atomic E-state index is 11.2. The number of nitrogens with one attached hydrogen (secondary N) is 1. The van der Waals surface area contributed by atoms with Gasteiger partial charge in [-0.05, 0) is 29.9 Å². The molecule has 0 fully saturated rings. The maximum atomic E-state index is 11.2. The highest BCUT2D eigenvalue weighted by atomic mass is 33.1. The van der Waals surface area contributed by atoms with E-state index in [0.29, 0.717) is 6.54 Å². The van der Waals surface area contributed by atoms with Crippen LogP contribution in [-0.4, -0.2) is 28.4 Å². The first-order valence-electron chi connectivity index (χ1n) is 4.86. The van der Waals surface area contributed by atoms with Crippen LogP contribution >= 0.6 is 34.2 Å². The van der Waals surface area contributed by atoms with E-state index in [1.165, 1.54) is 0 Å². The third kappa shape index (κ3) is 5.67. The van der Waals surface area contributed by atoms with Gasteiger partial charge in [-0.15, -0.1) is 0 Å². The van der Waals surface area contributed by atoms with Crippen LogP contribution in [0.1, 0.15) is 6.92 Å². The van der Waals surface area contributed by atoms with Crippen LogP contribution in [0, 0.1) is 0 Å². The Morgan fingerprint density at radius 1 is 1.62 bits per heavy atom. The van der Waals surface area contributed by atoms with Gasteiger partial charge in [-0.3, -0.25) is 4.79 Å². The van der Waals surface area contributed by atoms with Crippen molar-refractivity contribution in [2.45, 2.75) is 17.2 Å². The van der Waals surface area contributed by atoms with E-state index in [0.717, 1.165) is 10.8 Å². The SMILES string of the molecule is CC(S)C(=O)NCCSSc1ccccn1. The molecule has 6 heteroatoms. The summed E-state index contributed by atoms with van der Waals surface area (Å²) in [5.74, 6) is 0.833. The Morgan fingerprint density at radius 3 is 3.06 bits per heavy atom. The summed E-state index contributed by atoms with van der Waals surface area (Å²) in [4.78, 5) is 15.3. The molecule has 1 aromatic heterocycles. The number of nitrogens with zero attached hydrogens (tertiary/aromatic N) is 1. The molecule has 1 unspecified atom stereocenters. The quantitative estimate of drug-likeness (QED) is 0.474. The van der Waals surface area contributed by atoms with Crippen LogP contribution in [-0.2, 0) is 4.79 Å². The molecule has 0 radical (unpaired) electrons. The van der Waals surface area contributed by atoms with Gasteiger partial charge in [-0.1, -0.05) is 16.9 Å². The second-order valence-electron chi connectivity index (χ2n) is 3.04. The average molecular weight is 274 g/mol. The lowest BCUT2D eigenvalue weighted by molar-refractivity contribution is -0.120. The summed E-state index contributed by atoms with van der Waals surface area (Å²) in [7, 11) is 3.29. The molecular formula is C10H14N2OS3. The van der Waals surface area contributed by atoms with Gasteiger partial charge in [-0.25, -0.2) is 4.98 Å². The molecule has 1 rings (SSSR count). The number of pyridine rings is 1. The fourth-order valence-electron chi connectivity index (χ4n) is 0.862. The van der Waals surface area contributed by atoms with Gasteiger partial charge in [0.05, 0.1) is 5.25 Å². The number of rotatable bonds is 6. The molecule has 3 nitrogen and oxygen atoms in total. The number of carbonyl (C=O) groups is 1. The van der Waals surface area contributed by atoms with Crippen molar-refractivity contribution in [3.8, 4) is 0 Å². The Bertz CT molecular complexity index is 319. The smallest absolute Gasteiger partial charge is 0.232 e. The van der Waals surface area contributed by atoms with E-state index in [9.17, 15) is 4.79 Å². The van der Waals surface area contributed by atoms with E-state index >= 15 is 0 Å². The van der Waals surface area contributed by atoms with Crippen molar-refractivity contribution in [2.75, 3.05) is 12.3 Å². The van der Waals surface area contributed by atoms with Crippen molar-refractivity contribution in [1.82, 2.24) is 10.3 Å². The topological polar surface area (TPSA) is 42.0 Å². The second-order valence-corrected chi connectivity index (χ2v) is 6.25. The maximum Gasteiger partial charge on any atom is 0.232 e. The summed E-state index contributed by atoms with van der Waals surface area (Å²) in [6, 6.07) is 5.81. The molecule has 0 aliphatic rings. The fraction of sp³-hybridized carbons (Fsp3) is 0.400. The Hall–Kier alpha value is -0.330. The lowest BCUT2D eigenvalue weighted by atomic mass is 10.4. The van der Waals surface area contributed by atoms with Crippen molar-refractivity contribution >= 4 is 40.1 Å². The number of amides is 1. The highest BCUT2D eigenvalue weighted by Crippen LogP contribution is 2.28. The van der Waals surface area contributed by atoms with E-state index in [-0.39, 0.29) is 11.2 Å². The summed E-state index contributed by atoms with van der Waals surface area (Å²) in [6.07, 6.45) is 1.77. The molecule has 0 saturated heterocycles. The zero-order chi connectivity index (χ0) is 11.8. The van der Waals surface area contributed by atoms with Crippen LogP contribution < -0.4 is 5.32 Å². The standard InChI is InChI=1S/C10H14N2OS3/c1-8(14)10(13)12-6-7-15-16-9-4-2-3-5-11-9/h2-5,8,14H,6-7H2,1H3,(H,12,13). The lowest BCUT2D eigenvalue weighted by Crippen LogP contribution is -2.31. The predicted molar refractivity (Wildman–Crippen MR) is 74.0 cm³/mol. The minimum Gasteiger partial charge on any atom is -0.354 e. The number of hydrogen-bond acceptors (Lipinski definition) is 5. The number of carbonyl (C=O) groups excluding carboxylic acids is 1. The van der Waals surface area contributed by atoms with Gasteiger partial charge in [0.2, 0.25) is 5.91 Å². The molecule has 1 N–H and O–H groups in total. The normalized spacial score (nSPS) is 12.1. The van der Waals surface area contributed by atoms with Crippen LogP contribution in [0.15, 0.2) is 29.4 Å². The average Bonchev–Trinajstić information content (AvgIpc) is 2.29. The first kappa shape index (κ1) is 13.7. The summed E-state index contributed by atoms with van der Waals surface area (Å²) in [5.41, 5.74) is 0. The summed E-state index contributed by atoms with van der Waals surface area (Å²) >= 11 is 4.04. The molecule has 16 heavy (non-hydrogen) atoms. The van der Waals surface area contributed by atoms with Gasteiger partial charge in [0.1, 0.15) is 5.03 Å². The molecule has 0 aliphatic carbocycles. The Kier molecular flexibility index (Phi) is 6.75. The molecular weight excluding hydrogens is 260 g/mol. The molecule has 1 amide bonds. The van der Waals surface area contributed by atoms with Crippen molar-refractivity contribution in [3.63, 3.8) is 0 Å². The molecule has 1 heterocycles. The van der Waals surface area contributed by atoms with Crippen molar-refractivity contribution < 1.29 is 4.79 Å². The molecule has 0 bridgehead atoms. The van der Waals surface area contributed by atoms with E-state index in [2.05, 4.69) is 22.9 Å². The van der Waals surface area contributed by atoms with E-state index < -0.39 is 0 Å². The molecule has 0 saturated carbocycles. The van der Waals surface area contributed by atoms with E-state index in [4.69, 9.17) is 0 Å². The summed E-state index contributed by atoms with van der Waals surface area (Å²) in [5, 5.41) is 3.54. The van der Waals surface area contributed by atoms with Crippen LogP contribution in [0.2, 0.25) is 0 Å². The predicted octanol–water partition coefficient (Wildman–Crippen LogP) is 2.26. The van der Waals surface area contributed by atoms with E-state index in [1.807, 2.05) is 18.2 Å². The van der Waals surface area contributed by atoms with Gasteiger partial charge in [0.15, 0.2) is 0 Å². The van der Waals surface area contributed by atoms with Crippen molar-refractivity contribution in [1.29, 1.82) is 0 Å². The highest BCUT2D eigenvalue weighted by molar-refractivity contribution is 8.76. The molecule has 0 spiro atoms.